The van der Waals surface area contributed by atoms with Crippen LogP contribution >= 0.6 is 27.3 Å². The lowest BCUT2D eigenvalue weighted by Gasteiger charge is -2.36. The summed E-state index contributed by atoms with van der Waals surface area (Å²) in [4.78, 5) is 17.9. The van der Waals surface area contributed by atoms with Crippen LogP contribution in [0.2, 0.25) is 0 Å². The monoisotopic (exact) mass is 454 g/mol. The van der Waals surface area contributed by atoms with Crippen molar-refractivity contribution in [1.29, 1.82) is 0 Å². The third kappa shape index (κ3) is 3.61. The molecular formula is C23H23BrN2OS. The van der Waals surface area contributed by atoms with E-state index in [0.717, 1.165) is 29.5 Å². The van der Waals surface area contributed by atoms with Crippen LogP contribution in [0.25, 0.3) is 0 Å². The Balaban J connectivity index is 1.71. The first-order valence-electron chi connectivity index (χ1n) is 9.57. The van der Waals surface area contributed by atoms with E-state index in [1.54, 1.807) is 0 Å². The van der Waals surface area contributed by atoms with Crippen LogP contribution in [0, 0.1) is 6.92 Å². The molecule has 4 rings (SSSR count). The number of hydrogen-bond donors (Lipinski definition) is 1. The average Bonchev–Trinajstić information content (AvgIpc) is 3.04. The molecule has 2 aromatic carbocycles. The maximum Gasteiger partial charge on any atom is 0.322 e. The van der Waals surface area contributed by atoms with Crippen molar-refractivity contribution in [2.24, 2.45) is 0 Å². The molecule has 1 aliphatic heterocycles. The van der Waals surface area contributed by atoms with E-state index in [-0.39, 0.29) is 12.1 Å². The van der Waals surface area contributed by atoms with Crippen molar-refractivity contribution < 1.29 is 4.79 Å². The van der Waals surface area contributed by atoms with Gasteiger partial charge in [-0.25, -0.2) is 4.79 Å². The maximum atomic E-state index is 13.2. The Morgan fingerprint density at radius 3 is 2.57 bits per heavy atom. The normalized spacial score (nSPS) is 16.0. The molecule has 0 saturated carbocycles. The summed E-state index contributed by atoms with van der Waals surface area (Å²) < 4.78 is 0.997. The van der Waals surface area contributed by atoms with Gasteiger partial charge in [-0.2, -0.15) is 0 Å². The molecule has 1 aliphatic rings. The molecule has 2 amide bonds. The molecule has 1 N–H and O–H groups in total. The molecule has 1 atom stereocenters. The minimum atomic E-state index is -0.0501. The van der Waals surface area contributed by atoms with Gasteiger partial charge in [0.1, 0.15) is 0 Å². The molecule has 0 aliphatic carbocycles. The highest BCUT2D eigenvalue weighted by Crippen LogP contribution is 2.42. The lowest BCUT2D eigenvalue weighted by atomic mass is 9.92. The highest BCUT2D eigenvalue weighted by molar-refractivity contribution is 9.10. The minimum Gasteiger partial charge on any atom is -0.312 e. The summed E-state index contributed by atoms with van der Waals surface area (Å²) in [7, 11) is 0. The fourth-order valence-corrected chi connectivity index (χ4v) is 5.73. The van der Waals surface area contributed by atoms with E-state index < -0.39 is 0 Å². The van der Waals surface area contributed by atoms with Gasteiger partial charge in [0, 0.05) is 26.5 Å². The van der Waals surface area contributed by atoms with Crippen LogP contribution < -0.4 is 5.32 Å². The van der Waals surface area contributed by atoms with Crippen LogP contribution in [0.15, 0.2) is 59.1 Å². The molecule has 144 valence electrons. The molecule has 0 radical (unpaired) electrons. The predicted octanol–water partition coefficient (Wildman–Crippen LogP) is 6.56. The quantitative estimate of drug-likeness (QED) is 0.477. The van der Waals surface area contributed by atoms with Gasteiger partial charge >= 0.3 is 6.03 Å². The average molecular weight is 455 g/mol. The van der Waals surface area contributed by atoms with Crippen molar-refractivity contribution in [3.05, 3.63) is 85.5 Å². The van der Waals surface area contributed by atoms with E-state index in [4.69, 9.17) is 0 Å². The van der Waals surface area contributed by atoms with Gasteiger partial charge in [0.2, 0.25) is 0 Å². The second-order valence-electron chi connectivity index (χ2n) is 7.03. The fourth-order valence-electron chi connectivity index (χ4n) is 4.02. The Hall–Kier alpha value is -2.11. The van der Waals surface area contributed by atoms with Gasteiger partial charge in [0.15, 0.2) is 0 Å². The standard InChI is InChI=1S/C23H23BrN2OS/c1-3-19-15(2)28-22-20(19)13-14-26(21(22)16-7-5-4-6-8-16)23(27)25-18-11-9-17(24)10-12-18/h4-12,21H,3,13-14H2,1-2H3,(H,25,27)/t21-/m0/s1. The SMILES string of the molecule is CCc1c(C)sc2c1CCN(C(=O)Nc1ccc(Br)cc1)[C@H]2c1ccccc1. The largest absolute Gasteiger partial charge is 0.322 e. The summed E-state index contributed by atoms with van der Waals surface area (Å²) in [6, 6.07) is 18.0. The summed E-state index contributed by atoms with van der Waals surface area (Å²) in [5, 5.41) is 3.08. The van der Waals surface area contributed by atoms with Crippen molar-refractivity contribution in [1.82, 2.24) is 4.90 Å². The summed E-state index contributed by atoms with van der Waals surface area (Å²) >= 11 is 5.29. The van der Waals surface area contributed by atoms with Gasteiger partial charge < -0.3 is 10.2 Å². The van der Waals surface area contributed by atoms with Crippen LogP contribution in [0.1, 0.15) is 39.4 Å². The van der Waals surface area contributed by atoms with Crippen molar-refractivity contribution in [2.45, 2.75) is 32.7 Å². The van der Waals surface area contributed by atoms with Crippen LogP contribution in [0.4, 0.5) is 10.5 Å². The molecule has 2 heterocycles. The lowest BCUT2D eigenvalue weighted by molar-refractivity contribution is 0.195. The van der Waals surface area contributed by atoms with Crippen molar-refractivity contribution in [2.75, 3.05) is 11.9 Å². The number of carbonyl (C=O) groups is 1. The maximum absolute atomic E-state index is 13.2. The number of amides is 2. The van der Waals surface area contributed by atoms with Crippen LogP contribution in [0.5, 0.6) is 0 Å². The Kier molecular flexibility index (Phi) is 5.56. The molecule has 0 bridgehead atoms. The first-order valence-corrected chi connectivity index (χ1v) is 11.2. The molecule has 3 nitrogen and oxygen atoms in total. The summed E-state index contributed by atoms with van der Waals surface area (Å²) in [5.74, 6) is 0. The summed E-state index contributed by atoms with van der Waals surface area (Å²) in [5.41, 5.74) is 4.89. The summed E-state index contributed by atoms with van der Waals surface area (Å²) in [6.45, 7) is 5.15. The number of nitrogens with one attached hydrogen (secondary N) is 1. The molecule has 0 unspecified atom stereocenters. The Morgan fingerprint density at radius 2 is 1.89 bits per heavy atom. The van der Waals surface area contributed by atoms with E-state index in [0.29, 0.717) is 0 Å². The van der Waals surface area contributed by atoms with Crippen LogP contribution in [-0.4, -0.2) is 17.5 Å². The van der Waals surface area contributed by atoms with E-state index in [1.165, 1.54) is 26.4 Å². The number of benzene rings is 2. The third-order valence-corrected chi connectivity index (χ3v) is 7.11. The fraction of sp³-hybridized carbons (Fsp3) is 0.261. The van der Waals surface area contributed by atoms with Gasteiger partial charge in [-0.15, -0.1) is 11.3 Å². The predicted molar refractivity (Wildman–Crippen MR) is 120 cm³/mol. The first kappa shape index (κ1) is 19.2. The number of carbonyl (C=O) groups excluding carboxylic acids is 1. The Labute approximate surface area is 178 Å². The number of fused-ring (bicyclic) bond motifs is 1. The number of anilines is 1. The van der Waals surface area contributed by atoms with E-state index in [2.05, 4.69) is 59.4 Å². The van der Waals surface area contributed by atoms with E-state index in [1.807, 2.05) is 46.6 Å². The zero-order valence-electron chi connectivity index (χ0n) is 16.0. The summed E-state index contributed by atoms with van der Waals surface area (Å²) in [6.07, 6.45) is 1.96. The first-order chi connectivity index (χ1) is 13.6. The second-order valence-corrected chi connectivity index (χ2v) is 9.20. The molecular weight excluding hydrogens is 432 g/mol. The number of nitrogens with zero attached hydrogens (tertiary/aromatic N) is 1. The Morgan fingerprint density at radius 1 is 1.18 bits per heavy atom. The van der Waals surface area contributed by atoms with Crippen LogP contribution in [0.3, 0.4) is 0 Å². The zero-order valence-corrected chi connectivity index (χ0v) is 18.4. The molecule has 5 heteroatoms. The molecule has 1 aromatic heterocycles. The molecule has 3 aromatic rings. The molecule has 0 fully saturated rings. The van der Waals surface area contributed by atoms with Gasteiger partial charge in [-0.1, -0.05) is 53.2 Å². The van der Waals surface area contributed by atoms with Gasteiger partial charge in [-0.3, -0.25) is 0 Å². The van der Waals surface area contributed by atoms with Crippen LogP contribution in [-0.2, 0) is 12.8 Å². The zero-order chi connectivity index (χ0) is 19.7. The van der Waals surface area contributed by atoms with Gasteiger partial charge in [-0.05, 0) is 60.7 Å². The Bertz CT molecular complexity index is 982. The molecule has 0 saturated heterocycles. The van der Waals surface area contributed by atoms with Crippen molar-refractivity contribution in [3.63, 3.8) is 0 Å². The van der Waals surface area contributed by atoms with Crippen molar-refractivity contribution >= 4 is 39.0 Å². The number of urea groups is 1. The third-order valence-electron chi connectivity index (χ3n) is 5.34. The van der Waals surface area contributed by atoms with E-state index in [9.17, 15) is 4.79 Å². The number of thiophene rings is 1. The number of halogens is 1. The highest BCUT2D eigenvalue weighted by atomic mass is 79.9. The second kappa shape index (κ2) is 8.10. The smallest absolute Gasteiger partial charge is 0.312 e. The van der Waals surface area contributed by atoms with E-state index >= 15 is 0 Å². The van der Waals surface area contributed by atoms with Gasteiger partial charge in [0.25, 0.3) is 0 Å². The number of hydrogen-bond acceptors (Lipinski definition) is 2. The van der Waals surface area contributed by atoms with Gasteiger partial charge in [0.05, 0.1) is 6.04 Å². The lowest BCUT2D eigenvalue weighted by Crippen LogP contribution is -2.42. The number of rotatable bonds is 3. The topological polar surface area (TPSA) is 32.3 Å². The minimum absolute atomic E-state index is 0.0376. The van der Waals surface area contributed by atoms with Crippen molar-refractivity contribution in [3.8, 4) is 0 Å². The highest BCUT2D eigenvalue weighted by Gasteiger charge is 2.35. The molecule has 28 heavy (non-hydrogen) atoms. The number of aryl methyl sites for hydroxylation is 1. The molecule has 0 spiro atoms.